The van der Waals surface area contributed by atoms with Crippen LogP contribution in [0.5, 0.6) is 0 Å². The first-order chi connectivity index (χ1) is 9.58. The number of likely N-dealkylation sites (tertiary alicyclic amines) is 1. The lowest BCUT2D eigenvalue weighted by Gasteiger charge is -2.39. The van der Waals surface area contributed by atoms with Crippen molar-refractivity contribution >= 4 is 0 Å². The van der Waals surface area contributed by atoms with E-state index < -0.39 is 0 Å². The lowest BCUT2D eigenvalue weighted by Crippen LogP contribution is -2.49. The monoisotopic (exact) mass is 282 g/mol. The van der Waals surface area contributed by atoms with E-state index in [1.165, 1.54) is 51.6 Å². The van der Waals surface area contributed by atoms with E-state index in [-0.39, 0.29) is 0 Å². The molecule has 20 heavy (non-hydrogen) atoms. The third kappa shape index (κ3) is 3.75. The molecule has 3 heteroatoms. The van der Waals surface area contributed by atoms with E-state index in [9.17, 15) is 5.11 Å². The molecular formula is C17H34N2O. The molecule has 3 atom stereocenters. The maximum Gasteiger partial charge on any atom is 0.0586 e. The van der Waals surface area contributed by atoms with Crippen LogP contribution in [0, 0.1) is 11.3 Å². The van der Waals surface area contributed by atoms with Crippen molar-refractivity contribution in [1.82, 2.24) is 10.2 Å². The van der Waals surface area contributed by atoms with Crippen LogP contribution in [0.15, 0.2) is 0 Å². The summed E-state index contributed by atoms with van der Waals surface area (Å²) < 4.78 is 0. The van der Waals surface area contributed by atoms with Crippen molar-refractivity contribution in [3.63, 3.8) is 0 Å². The smallest absolute Gasteiger partial charge is 0.0586 e. The molecule has 0 aromatic heterocycles. The van der Waals surface area contributed by atoms with Gasteiger partial charge in [-0.1, -0.05) is 27.2 Å². The van der Waals surface area contributed by atoms with E-state index in [0.717, 1.165) is 12.5 Å². The van der Waals surface area contributed by atoms with Crippen LogP contribution >= 0.6 is 0 Å². The van der Waals surface area contributed by atoms with Crippen molar-refractivity contribution in [2.45, 2.75) is 71.4 Å². The number of piperidine rings is 1. The predicted octanol–water partition coefficient (Wildman–Crippen LogP) is 2.64. The van der Waals surface area contributed by atoms with Crippen LogP contribution in [0.25, 0.3) is 0 Å². The number of nitrogens with one attached hydrogen (secondary N) is 1. The minimum atomic E-state index is 0.336. The molecule has 0 aromatic rings. The van der Waals surface area contributed by atoms with Gasteiger partial charge in [-0.25, -0.2) is 0 Å². The fourth-order valence-electron chi connectivity index (χ4n) is 4.27. The maximum atomic E-state index is 9.59. The number of rotatable bonds is 6. The molecular weight excluding hydrogens is 248 g/mol. The summed E-state index contributed by atoms with van der Waals surface area (Å²) in [4.78, 5) is 2.57. The van der Waals surface area contributed by atoms with Gasteiger partial charge in [-0.15, -0.1) is 0 Å². The Kier molecular flexibility index (Phi) is 5.88. The van der Waals surface area contributed by atoms with Gasteiger partial charge in [0, 0.05) is 18.6 Å². The Balaban J connectivity index is 1.95. The van der Waals surface area contributed by atoms with Crippen LogP contribution in [-0.2, 0) is 0 Å². The second-order valence-corrected chi connectivity index (χ2v) is 7.55. The molecule has 1 saturated carbocycles. The second kappa shape index (κ2) is 7.24. The largest absolute Gasteiger partial charge is 0.395 e. The average Bonchev–Trinajstić information content (AvgIpc) is 2.72. The Labute approximate surface area is 125 Å². The summed E-state index contributed by atoms with van der Waals surface area (Å²) in [6, 6.07) is 1.06. The molecule has 118 valence electrons. The minimum absolute atomic E-state index is 0.336. The van der Waals surface area contributed by atoms with Gasteiger partial charge >= 0.3 is 0 Å². The highest BCUT2D eigenvalue weighted by molar-refractivity contribution is 4.97. The maximum absolute atomic E-state index is 9.59. The van der Waals surface area contributed by atoms with Crippen molar-refractivity contribution in [2.75, 3.05) is 26.2 Å². The van der Waals surface area contributed by atoms with Crippen LogP contribution in [0.4, 0.5) is 0 Å². The molecule has 1 aliphatic carbocycles. The summed E-state index contributed by atoms with van der Waals surface area (Å²) in [6.07, 6.45) is 7.65. The predicted molar refractivity (Wildman–Crippen MR) is 84.9 cm³/mol. The van der Waals surface area contributed by atoms with Crippen molar-refractivity contribution in [3.05, 3.63) is 0 Å². The minimum Gasteiger partial charge on any atom is -0.395 e. The second-order valence-electron chi connectivity index (χ2n) is 7.55. The molecule has 2 fully saturated rings. The van der Waals surface area contributed by atoms with E-state index in [2.05, 4.69) is 31.0 Å². The molecule has 0 amide bonds. The number of hydrogen-bond donors (Lipinski definition) is 2. The number of nitrogens with zero attached hydrogens (tertiary/aromatic N) is 1. The Morgan fingerprint density at radius 1 is 1.25 bits per heavy atom. The van der Waals surface area contributed by atoms with Gasteiger partial charge in [0.05, 0.1) is 6.61 Å². The molecule has 0 bridgehead atoms. The Bertz CT molecular complexity index is 293. The van der Waals surface area contributed by atoms with Gasteiger partial charge in [-0.3, -0.25) is 4.90 Å². The molecule has 1 heterocycles. The lowest BCUT2D eigenvalue weighted by atomic mass is 9.84. The summed E-state index contributed by atoms with van der Waals surface area (Å²) in [6.45, 7) is 10.9. The zero-order valence-electron chi connectivity index (χ0n) is 13.7. The lowest BCUT2D eigenvalue weighted by molar-refractivity contribution is 0.0687. The third-order valence-corrected chi connectivity index (χ3v) is 5.52. The molecule has 3 unspecified atom stereocenters. The van der Waals surface area contributed by atoms with Gasteiger partial charge in [0.2, 0.25) is 0 Å². The van der Waals surface area contributed by atoms with Gasteiger partial charge in [-0.2, -0.15) is 0 Å². The molecule has 1 saturated heterocycles. The van der Waals surface area contributed by atoms with Gasteiger partial charge in [0.25, 0.3) is 0 Å². The first-order valence-electron chi connectivity index (χ1n) is 8.66. The normalized spacial score (nSPS) is 34.5. The van der Waals surface area contributed by atoms with Crippen LogP contribution in [0.2, 0.25) is 0 Å². The first kappa shape index (κ1) is 16.3. The SMILES string of the molecule is CCCNC1C(CN2CCCCC2CO)CCC1(C)C. The number of aliphatic hydroxyl groups excluding tert-OH is 1. The van der Waals surface area contributed by atoms with Crippen LogP contribution in [0.1, 0.15) is 59.3 Å². The molecule has 3 nitrogen and oxygen atoms in total. The van der Waals surface area contributed by atoms with E-state index >= 15 is 0 Å². The van der Waals surface area contributed by atoms with Gasteiger partial charge in [0.1, 0.15) is 0 Å². The topological polar surface area (TPSA) is 35.5 Å². The Morgan fingerprint density at radius 3 is 2.75 bits per heavy atom. The molecule has 0 aromatic carbocycles. The zero-order chi connectivity index (χ0) is 14.6. The highest BCUT2D eigenvalue weighted by atomic mass is 16.3. The van der Waals surface area contributed by atoms with Gasteiger partial charge < -0.3 is 10.4 Å². The van der Waals surface area contributed by atoms with Crippen molar-refractivity contribution in [1.29, 1.82) is 0 Å². The van der Waals surface area contributed by atoms with E-state index in [0.29, 0.717) is 24.1 Å². The molecule has 2 N–H and O–H groups in total. The zero-order valence-corrected chi connectivity index (χ0v) is 13.7. The van der Waals surface area contributed by atoms with Crippen LogP contribution in [0.3, 0.4) is 0 Å². The van der Waals surface area contributed by atoms with E-state index in [1.54, 1.807) is 0 Å². The summed E-state index contributed by atoms with van der Waals surface area (Å²) in [7, 11) is 0. The third-order valence-electron chi connectivity index (χ3n) is 5.52. The molecule has 2 aliphatic rings. The van der Waals surface area contributed by atoms with E-state index in [4.69, 9.17) is 0 Å². The first-order valence-corrected chi connectivity index (χ1v) is 8.66. The summed E-state index contributed by atoms with van der Waals surface area (Å²) in [5.41, 5.74) is 0.421. The number of aliphatic hydroxyl groups is 1. The standard InChI is InChI=1S/C17H34N2O/c1-4-10-18-16-14(8-9-17(16,2)3)12-19-11-6-5-7-15(19)13-20/h14-16,18,20H,4-13H2,1-3H3. The Morgan fingerprint density at radius 2 is 2.05 bits per heavy atom. The number of hydrogen-bond acceptors (Lipinski definition) is 3. The highest BCUT2D eigenvalue weighted by Crippen LogP contribution is 2.42. The summed E-state index contributed by atoms with van der Waals surface area (Å²) >= 11 is 0. The van der Waals surface area contributed by atoms with E-state index in [1.807, 2.05) is 0 Å². The van der Waals surface area contributed by atoms with Crippen molar-refractivity contribution < 1.29 is 5.11 Å². The summed E-state index contributed by atoms with van der Waals surface area (Å²) in [5.74, 6) is 0.753. The van der Waals surface area contributed by atoms with Crippen LogP contribution < -0.4 is 5.32 Å². The highest BCUT2D eigenvalue weighted by Gasteiger charge is 2.42. The molecule has 1 aliphatic heterocycles. The quantitative estimate of drug-likeness (QED) is 0.786. The molecule has 0 spiro atoms. The fourth-order valence-corrected chi connectivity index (χ4v) is 4.27. The van der Waals surface area contributed by atoms with Crippen molar-refractivity contribution in [3.8, 4) is 0 Å². The van der Waals surface area contributed by atoms with Gasteiger partial charge in [0.15, 0.2) is 0 Å². The Hall–Kier alpha value is -0.120. The van der Waals surface area contributed by atoms with Crippen molar-refractivity contribution in [2.24, 2.45) is 11.3 Å². The molecule has 2 rings (SSSR count). The van der Waals surface area contributed by atoms with Crippen LogP contribution in [-0.4, -0.2) is 48.3 Å². The fraction of sp³-hybridized carbons (Fsp3) is 1.00. The average molecular weight is 282 g/mol. The van der Waals surface area contributed by atoms with Gasteiger partial charge in [-0.05, 0) is 56.5 Å². The summed E-state index contributed by atoms with van der Waals surface area (Å²) in [5, 5.41) is 13.4. The molecule has 0 radical (unpaired) electrons.